The average molecular weight is 248 g/mol. The molecule has 1 saturated heterocycles. The quantitative estimate of drug-likeness (QED) is 0.864. The number of hydrogen-bond donors (Lipinski definition) is 1. The Morgan fingerprint density at radius 1 is 1.28 bits per heavy atom. The number of likely N-dealkylation sites (N-methyl/N-ethyl adjacent to an activating group) is 1. The van der Waals surface area contributed by atoms with Gasteiger partial charge in [-0.15, -0.1) is 0 Å². The minimum Gasteiger partial charge on any atom is -0.394 e. The van der Waals surface area contributed by atoms with Crippen molar-refractivity contribution in [1.82, 2.24) is 4.90 Å². The van der Waals surface area contributed by atoms with E-state index in [9.17, 15) is 9.90 Å². The molecule has 1 heterocycles. The zero-order valence-electron chi connectivity index (χ0n) is 11.0. The molecule has 4 heteroatoms. The highest BCUT2D eigenvalue weighted by molar-refractivity contribution is 5.86. The number of aliphatic hydroxyl groups is 1. The van der Waals surface area contributed by atoms with Crippen LogP contribution in [0.3, 0.4) is 0 Å². The standard InChI is InChI=1S/C14H20N2O2/c1-3-11-4-6-12(7-5-11)16-9-8-15(2)14(18)13(16)10-17/h4-7,13,17H,3,8-10H2,1-2H3. The van der Waals surface area contributed by atoms with E-state index in [0.29, 0.717) is 6.54 Å². The fraction of sp³-hybridized carbons (Fsp3) is 0.500. The third-order valence-corrected chi connectivity index (χ3v) is 3.56. The Kier molecular flexibility index (Phi) is 3.87. The van der Waals surface area contributed by atoms with Gasteiger partial charge in [0.1, 0.15) is 6.04 Å². The van der Waals surface area contributed by atoms with Gasteiger partial charge in [-0.25, -0.2) is 0 Å². The van der Waals surface area contributed by atoms with E-state index >= 15 is 0 Å². The molecule has 2 rings (SSSR count). The first-order valence-electron chi connectivity index (χ1n) is 6.38. The molecule has 98 valence electrons. The number of aryl methyl sites for hydroxylation is 1. The van der Waals surface area contributed by atoms with E-state index in [1.807, 2.05) is 17.0 Å². The first-order chi connectivity index (χ1) is 8.67. The number of benzene rings is 1. The van der Waals surface area contributed by atoms with E-state index in [0.717, 1.165) is 18.7 Å². The molecule has 1 aliphatic rings. The zero-order valence-corrected chi connectivity index (χ0v) is 11.0. The lowest BCUT2D eigenvalue weighted by Gasteiger charge is -2.39. The average Bonchev–Trinajstić information content (AvgIpc) is 2.42. The van der Waals surface area contributed by atoms with Gasteiger partial charge in [-0.05, 0) is 24.1 Å². The monoisotopic (exact) mass is 248 g/mol. The summed E-state index contributed by atoms with van der Waals surface area (Å²) >= 11 is 0. The number of hydrogen-bond acceptors (Lipinski definition) is 3. The third-order valence-electron chi connectivity index (χ3n) is 3.56. The lowest BCUT2D eigenvalue weighted by Crippen LogP contribution is -2.57. The van der Waals surface area contributed by atoms with Crippen LogP contribution in [0.15, 0.2) is 24.3 Å². The molecule has 1 amide bonds. The number of piperazine rings is 1. The Morgan fingerprint density at radius 2 is 1.94 bits per heavy atom. The first kappa shape index (κ1) is 12.9. The normalized spacial score (nSPS) is 20.4. The molecule has 1 aromatic rings. The van der Waals surface area contributed by atoms with Crippen LogP contribution in [0, 0.1) is 0 Å². The molecule has 4 nitrogen and oxygen atoms in total. The summed E-state index contributed by atoms with van der Waals surface area (Å²) in [5.41, 5.74) is 2.28. The van der Waals surface area contributed by atoms with E-state index in [1.54, 1.807) is 11.9 Å². The van der Waals surface area contributed by atoms with Crippen molar-refractivity contribution in [2.24, 2.45) is 0 Å². The fourth-order valence-electron chi connectivity index (χ4n) is 2.32. The van der Waals surface area contributed by atoms with Crippen LogP contribution >= 0.6 is 0 Å². The SMILES string of the molecule is CCc1ccc(N2CCN(C)C(=O)C2CO)cc1. The highest BCUT2D eigenvalue weighted by Crippen LogP contribution is 2.21. The van der Waals surface area contributed by atoms with Crippen molar-refractivity contribution >= 4 is 11.6 Å². The maximum atomic E-state index is 12.0. The first-order valence-corrected chi connectivity index (χ1v) is 6.38. The second kappa shape index (κ2) is 5.40. The van der Waals surface area contributed by atoms with Crippen LogP contribution in [0.5, 0.6) is 0 Å². The number of anilines is 1. The van der Waals surface area contributed by atoms with E-state index in [2.05, 4.69) is 19.1 Å². The summed E-state index contributed by atoms with van der Waals surface area (Å²) < 4.78 is 0. The summed E-state index contributed by atoms with van der Waals surface area (Å²) in [5, 5.41) is 9.42. The zero-order chi connectivity index (χ0) is 13.1. The van der Waals surface area contributed by atoms with Gasteiger partial charge in [0, 0.05) is 25.8 Å². The Bertz CT molecular complexity index is 416. The van der Waals surface area contributed by atoms with Crippen molar-refractivity contribution in [3.63, 3.8) is 0 Å². The summed E-state index contributed by atoms with van der Waals surface area (Å²) in [6, 6.07) is 7.76. The number of carbonyl (C=O) groups excluding carboxylic acids is 1. The molecule has 0 saturated carbocycles. The lowest BCUT2D eigenvalue weighted by molar-refractivity contribution is -0.133. The summed E-state index contributed by atoms with van der Waals surface area (Å²) in [5.74, 6) is -0.0108. The van der Waals surface area contributed by atoms with Gasteiger partial charge in [-0.2, -0.15) is 0 Å². The molecule has 1 aliphatic heterocycles. The van der Waals surface area contributed by atoms with Crippen LogP contribution in [-0.4, -0.2) is 48.7 Å². The van der Waals surface area contributed by atoms with Crippen molar-refractivity contribution in [3.8, 4) is 0 Å². The number of aliphatic hydroxyl groups excluding tert-OH is 1. The van der Waals surface area contributed by atoms with E-state index < -0.39 is 6.04 Å². The van der Waals surface area contributed by atoms with Crippen LogP contribution in [0.1, 0.15) is 12.5 Å². The van der Waals surface area contributed by atoms with E-state index in [4.69, 9.17) is 0 Å². The van der Waals surface area contributed by atoms with Gasteiger partial charge in [0.05, 0.1) is 6.61 Å². The van der Waals surface area contributed by atoms with Crippen molar-refractivity contribution in [1.29, 1.82) is 0 Å². The predicted molar refractivity (Wildman–Crippen MR) is 71.7 cm³/mol. The van der Waals surface area contributed by atoms with E-state index in [-0.39, 0.29) is 12.5 Å². The summed E-state index contributed by atoms with van der Waals surface area (Å²) in [6.07, 6.45) is 1.01. The molecule has 1 N–H and O–H groups in total. The Morgan fingerprint density at radius 3 is 2.50 bits per heavy atom. The van der Waals surface area contributed by atoms with Crippen molar-refractivity contribution in [3.05, 3.63) is 29.8 Å². The molecule has 1 atom stereocenters. The predicted octanol–water partition coefficient (Wildman–Crippen LogP) is 0.888. The summed E-state index contributed by atoms with van der Waals surface area (Å²) in [4.78, 5) is 15.7. The van der Waals surface area contributed by atoms with Crippen molar-refractivity contribution in [2.75, 3.05) is 31.6 Å². The van der Waals surface area contributed by atoms with Gasteiger partial charge in [0.25, 0.3) is 0 Å². The van der Waals surface area contributed by atoms with Crippen molar-refractivity contribution in [2.45, 2.75) is 19.4 Å². The van der Waals surface area contributed by atoms with Crippen molar-refractivity contribution < 1.29 is 9.90 Å². The van der Waals surface area contributed by atoms with Gasteiger partial charge in [0.2, 0.25) is 5.91 Å². The lowest BCUT2D eigenvalue weighted by atomic mass is 10.1. The topological polar surface area (TPSA) is 43.8 Å². The molecule has 0 aliphatic carbocycles. The molecule has 0 bridgehead atoms. The molecule has 0 spiro atoms. The Labute approximate surface area is 108 Å². The molecule has 1 aromatic carbocycles. The molecule has 0 radical (unpaired) electrons. The Hall–Kier alpha value is -1.55. The molecular formula is C14H20N2O2. The number of nitrogens with zero attached hydrogens (tertiary/aromatic N) is 2. The van der Waals surface area contributed by atoms with Crippen LogP contribution in [-0.2, 0) is 11.2 Å². The van der Waals surface area contributed by atoms with Crippen LogP contribution < -0.4 is 4.90 Å². The molecule has 0 aromatic heterocycles. The fourth-order valence-corrected chi connectivity index (χ4v) is 2.32. The minimum absolute atomic E-state index is 0.0108. The number of carbonyl (C=O) groups is 1. The van der Waals surface area contributed by atoms with Gasteiger partial charge in [0.15, 0.2) is 0 Å². The van der Waals surface area contributed by atoms with Gasteiger partial charge < -0.3 is 14.9 Å². The van der Waals surface area contributed by atoms with Crippen LogP contribution in [0.4, 0.5) is 5.69 Å². The minimum atomic E-state index is -0.448. The molecule has 18 heavy (non-hydrogen) atoms. The summed E-state index contributed by atoms with van der Waals surface area (Å²) in [6.45, 7) is 3.44. The molecule has 1 unspecified atom stereocenters. The smallest absolute Gasteiger partial charge is 0.247 e. The highest BCUT2D eigenvalue weighted by atomic mass is 16.3. The third kappa shape index (κ3) is 2.34. The van der Waals surface area contributed by atoms with Gasteiger partial charge in [-0.1, -0.05) is 19.1 Å². The van der Waals surface area contributed by atoms with Gasteiger partial charge in [-0.3, -0.25) is 4.79 Å². The summed E-state index contributed by atoms with van der Waals surface area (Å²) in [7, 11) is 1.78. The van der Waals surface area contributed by atoms with Gasteiger partial charge >= 0.3 is 0 Å². The second-order valence-corrected chi connectivity index (χ2v) is 4.67. The Balaban J connectivity index is 2.22. The highest BCUT2D eigenvalue weighted by Gasteiger charge is 2.32. The largest absolute Gasteiger partial charge is 0.394 e. The molecule has 1 fully saturated rings. The molecular weight excluding hydrogens is 228 g/mol. The number of rotatable bonds is 3. The maximum Gasteiger partial charge on any atom is 0.247 e. The van der Waals surface area contributed by atoms with Crippen LogP contribution in [0.25, 0.3) is 0 Å². The van der Waals surface area contributed by atoms with Crippen LogP contribution in [0.2, 0.25) is 0 Å². The van der Waals surface area contributed by atoms with E-state index in [1.165, 1.54) is 5.56 Å². The second-order valence-electron chi connectivity index (χ2n) is 4.67. The maximum absolute atomic E-state index is 12.0. The number of amides is 1.